The normalized spacial score (nSPS) is 18.6. The highest BCUT2D eigenvalue weighted by atomic mass is 16.5. The van der Waals surface area contributed by atoms with E-state index in [0.29, 0.717) is 11.8 Å². The highest BCUT2D eigenvalue weighted by Gasteiger charge is 2.36. The number of piperidine rings is 1. The second-order valence-corrected chi connectivity index (χ2v) is 8.32. The van der Waals surface area contributed by atoms with E-state index in [1.54, 1.807) is 7.11 Å². The van der Waals surface area contributed by atoms with E-state index < -0.39 is 0 Å². The number of imidazole rings is 1. The molecule has 1 atom stereocenters. The van der Waals surface area contributed by atoms with Gasteiger partial charge in [-0.15, -0.1) is 0 Å². The molecule has 5 heteroatoms. The third kappa shape index (κ3) is 3.49. The van der Waals surface area contributed by atoms with E-state index in [0.717, 1.165) is 50.5 Å². The average molecular weight is 402 g/mol. The summed E-state index contributed by atoms with van der Waals surface area (Å²) in [5.41, 5.74) is 3.78. The van der Waals surface area contributed by atoms with Gasteiger partial charge in [-0.25, -0.2) is 4.98 Å². The van der Waals surface area contributed by atoms with Gasteiger partial charge in [-0.3, -0.25) is 4.79 Å². The number of carbonyl (C=O) groups is 1. The summed E-state index contributed by atoms with van der Waals surface area (Å²) < 4.78 is 7.49. The molecule has 2 heterocycles. The zero-order valence-corrected chi connectivity index (χ0v) is 17.3. The Morgan fingerprint density at radius 1 is 1.10 bits per heavy atom. The van der Waals surface area contributed by atoms with Crippen LogP contribution in [0.3, 0.4) is 0 Å². The van der Waals surface area contributed by atoms with Crippen LogP contribution in [0.25, 0.3) is 0 Å². The molecule has 1 saturated heterocycles. The monoisotopic (exact) mass is 401 g/mol. The minimum atomic E-state index is 0.0646. The fourth-order valence-electron chi connectivity index (χ4n) is 4.80. The molecule has 1 unspecified atom stereocenters. The summed E-state index contributed by atoms with van der Waals surface area (Å²) in [5, 5.41) is 0. The van der Waals surface area contributed by atoms with Crippen molar-refractivity contribution < 1.29 is 9.53 Å². The van der Waals surface area contributed by atoms with Gasteiger partial charge in [0.15, 0.2) is 0 Å². The molecule has 5 nitrogen and oxygen atoms in total. The van der Waals surface area contributed by atoms with Crippen molar-refractivity contribution in [2.75, 3.05) is 20.2 Å². The van der Waals surface area contributed by atoms with E-state index in [2.05, 4.69) is 51.0 Å². The third-order valence-corrected chi connectivity index (χ3v) is 6.58. The fraction of sp³-hybridized carbons (Fsp3) is 0.360. The van der Waals surface area contributed by atoms with Crippen LogP contribution < -0.4 is 4.74 Å². The molecule has 30 heavy (non-hydrogen) atoms. The summed E-state index contributed by atoms with van der Waals surface area (Å²) in [4.78, 5) is 19.7. The first-order valence-corrected chi connectivity index (χ1v) is 10.7. The van der Waals surface area contributed by atoms with Crippen molar-refractivity contribution in [1.29, 1.82) is 0 Å². The zero-order valence-electron chi connectivity index (χ0n) is 17.3. The first-order valence-electron chi connectivity index (χ1n) is 10.7. The van der Waals surface area contributed by atoms with Crippen LogP contribution in [0.1, 0.15) is 47.2 Å². The summed E-state index contributed by atoms with van der Waals surface area (Å²) in [6.45, 7) is 2.44. The van der Waals surface area contributed by atoms with Crippen LogP contribution in [0.5, 0.6) is 5.75 Å². The number of hydrogen-bond donors (Lipinski definition) is 0. The van der Waals surface area contributed by atoms with Crippen LogP contribution in [-0.4, -0.2) is 40.6 Å². The van der Waals surface area contributed by atoms with Gasteiger partial charge in [0.25, 0.3) is 0 Å². The van der Waals surface area contributed by atoms with Gasteiger partial charge in [0.2, 0.25) is 5.91 Å². The first kappa shape index (κ1) is 18.9. The number of benzene rings is 2. The van der Waals surface area contributed by atoms with E-state index in [-0.39, 0.29) is 5.92 Å². The lowest BCUT2D eigenvalue weighted by atomic mass is 9.76. The highest BCUT2D eigenvalue weighted by Crippen LogP contribution is 2.37. The standard InChI is InChI=1S/C25H27N3O2/c1-30-21-8-6-18(7-9-21)17-28-15-12-26-24(28)19-10-13-27(14-11-19)25(29)23-16-20-4-2-3-5-22(20)23/h2-9,12,15,19,23H,10-11,13-14,16-17H2,1H3. The van der Waals surface area contributed by atoms with Crippen LogP contribution >= 0.6 is 0 Å². The maximum Gasteiger partial charge on any atom is 0.230 e. The van der Waals surface area contributed by atoms with E-state index in [1.807, 2.05) is 24.4 Å². The molecule has 3 aromatic rings. The average Bonchev–Trinajstić information content (AvgIpc) is 3.23. The Morgan fingerprint density at radius 2 is 1.87 bits per heavy atom. The Hall–Kier alpha value is -3.08. The summed E-state index contributed by atoms with van der Waals surface area (Å²) >= 11 is 0. The maximum absolute atomic E-state index is 13.0. The molecule has 154 valence electrons. The molecule has 1 amide bonds. The van der Waals surface area contributed by atoms with E-state index in [4.69, 9.17) is 4.74 Å². The van der Waals surface area contributed by atoms with E-state index >= 15 is 0 Å². The SMILES string of the molecule is COc1ccc(Cn2ccnc2C2CCN(C(=O)C3Cc4ccccc43)CC2)cc1. The molecular weight excluding hydrogens is 374 g/mol. The van der Waals surface area contributed by atoms with Crippen LogP contribution in [-0.2, 0) is 17.8 Å². The Labute approximate surface area is 177 Å². The number of aromatic nitrogens is 2. The lowest BCUT2D eigenvalue weighted by Crippen LogP contribution is -2.43. The number of likely N-dealkylation sites (tertiary alicyclic amines) is 1. The van der Waals surface area contributed by atoms with Crippen LogP contribution in [0.2, 0.25) is 0 Å². The number of amides is 1. The second-order valence-electron chi connectivity index (χ2n) is 8.32. The van der Waals surface area contributed by atoms with Crippen molar-refractivity contribution in [1.82, 2.24) is 14.5 Å². The van der Waals surface area contributed by atoms with Gasteiger partial charge >= 0.3 is 0 Å². The zero-order chi connectivity index (χ0) is 20.5. The molecule has 0 spiro atoms. The molecule has 1 fully saturated rings. The minimum absolute atomic E-state index is 0.0646. The summed E-state index contributed by atoms with van der Waals surface area (Å²) in [6.07, 6.45) is 6.78. The number of fused-ring (bicyclic) bond motifs is 1. The topological polar surface area (TPSA) is 47.4 Å². The molecule has 0 radical (unpaired) electrons. The van der Waals surface area contributed by atoms with Crippen molar-refractivity contribution in [3.05, 3.63) is 83.4 Å². The lowest BCUT2D eigenvalue weighted by molar-refractivity contribution is -0.134. The molecule has 0 N–H and O–H groups in total. The Kier molecular flexibility index (Phi) is 5.03. The van der Waals surface area contributed by atoms with Gasteiger partial charge in [0.1, 0.15) is 11.6 Å². The lowest BCUT2D eigenvalue weighted by Gasteiger charge is -2.37. The molecule has 2 aliphatic rings. The van der Waals surface area contributed by atoms with E-state index in [9.17, 15) is 4.79 Å². The number of methoxy groups -OCH3 is 1. The molecule has 0 bridgehead atoms. The predicted octanol–water partition coefficient (Wildman–Crippen LogP) is 3.99. The van der Waals surface area contributed by atoms with Crippen molar-refractivity contribution in [3.63, 3.8) is 0 Å². The van der Waals surface area contributed by atoms with Crippen LogP contribution in [0.15, 0.2) is 60.9 Å². The fourth-order valence-corrected chi connectivity index (χ4v) is 4.80. The van der Waals surface area contributed by atoms with Gasteiger partial charge in [-0.05, 0) is 48.1 Å². The largest absolute Gasteiger partial charge is 0.497 e. The van der Waals surface area contributed by atoms with Crippen LogP contribution in [0, 0.1) is 0 Å². The first-order chi connectivity index (χ1) is 14.7. The number of carbonyl (C=O) groups excluding carboxylic acids is 1. The molecule has 1 aliphatic heterocycles. The van der Waals surface area contributed by atoms with Crippen molar-refractivity contribution >= 4 is 5.91 Å². The maximum atomic E-state index is 13.0. The summed E-state index contributed by atoms with van der Waals surface area (Å²) in [7, 11) is 1.68. The van der Waals surface area contributed by atoms with Crippen molar-refractivity contribution in [2.45, 2.75) is 37.6 Å². The summed E-state index contributed by atoms with van der Waals surface area (Å²) in [5.74, 6) is 2.77. The molecule has 1 aromatic heterocycles. The molecule has 5 rings (SSSR count). The van der Waals surface area contributed by atoms with Crippen molar-refractivity contribution in [3.8, 4) is 5.75 Å². The second kappa shape index (κ2) is 7.98. The summed E-state index contributed by atoms with van der Waals surface area (Å²) in [6, 6.07) is 16.5. The third-order valence-electron chi connectivity index (χ3n) is 6.58. The molecule has 1 aliphatic carbocycles. The highest BCUT2D eigenvalue weighted by molar-refractivity contribution is 5.87. The van der Waals surface area contributed by atoms with Gasteiger partial charge in [-0.1, -0.05) is 36.4 Å². The van der Waals surface area contributed by atoms with Gasteiger partial charge in [0, 0.05) is 37.9 Å². The van der Waals surface area contributed by atoms with Crippen LogP contribution in [0.4, 0.5) is 0 Å². The molecule has 0 saturated carbocycles. The predicted molar refractivity (Wildman–Crippen MR) is 116 cm³/mol. The Balaban J connectivity index is 1.21. The van der Waals surface area contributed by atoms with Gasteiger partial charge in [-0.2, -0.15) is 0 Å². The Morgan fingerprint density at radius 3 is 2.60 bits per heavy atom. The quantitative estimate of drug-likeness (QED) is 0.650. The van der Waals surface area contributed by atoms with Gasteiger partial charge < -0.3 is 14.2 Å². The number of ether oxygens (including phenoxy) is 1. The number of rotatable bonds is 5. The van der Waals surface area contributed by atoms with Gasteiger partial charge in [0.05, 0.1) is 13.0 Å². The molecule has 2 aromatic carbocycles. The Bertz CT molecular complexity index is 1030. The number of hydrogen-bond acceptors (Lipinski definition) is 3. The molecular formula is C25H27N3O2. The minimum Gasteiger partial charge on any atom is -0.497 e. The number of nitrogens with zero attached hydrogens (tertiary/aromatic N) is 3. The smallest absolute Gasteiger partial charge is 0.230 e. The van der Waals surface area contributed by atoms with Crippen molar-refractivity contribution in [2.24, 2.45) is 0 Å². The van der Waals surface area contributed by atoms with E-state index in [1.165, 1.54) is 16.7 Å².